The average Bonchev–Trinajstić information content (AvgIpc) is 3.30. The third-order valence-corrected chi connectivity index (χ3v) is 6.58. The zero-order valence-corrected chi connectivity index (χ0v) is 24.8. The van der Waals surface area contributed by atoms with Gasteiger partial charge in [-0.2, -0.15) is 4.98 Å². The second-order valence-electron chi connectivity index (χ2n) is 9.31. The monoisotopic (exact) mass is 601 g/mol. The molecule has 0 aliphatic carbocycles. The van der Waals surface area contributed by atoms with Crippen molar-refractivity contribution in [2.24, 2.45) is 0 Å². The van der Waals surface area contributed by atoms with Crippen LogP contribution in [0.3, 0.4) is 0 Å². The number of nitrogens with zero attached hydrogens (tertiary/aromatic N) is 4. The Morgan fingerprint density at radius 1 is 1.19 bits per heavy atom. The lowest BCUT2D eigenvalue weighted by atomic mass is 10.1. The number of ether oxygens (including phenoxy) is 2. The number of hydrogen-bond acceptors (Lipinski definition) is 12. The van der Waals surface area contributed by atoms with Crippen LogP contribution in [0.5, 0.6) is 0 Å². The highest BCUT2D eigenvalue weighted by atomic mass is 31.0. The summed E-state index contributed by atoms with van der Waals surface area (Å²) in [4.78, 5) is 53.3. The number of aliphatic hydroxyl groups excluding tert-OH is 1. The fraction of sp³-hybridized carbons (Fsp3) is 0.444. The van der Waals surface area contributed by atoms with E-state index in [1.165, 1.54) is 0 Å². The minimum Gasteiger partial charge on any atom is -0.480 e. The van der Waals surface area contributed by atoms with Crippen molar-refractivity contribution in [2.75, 3.05) is 17.7 Å². The summed E-state index contributed by atoms with van der Waals surface area (Å²) >= 11 is 0. The Kier molecular flexibility index (Phi) is 11.8. The number of carboxylic acids is 1. The Morgan fingerprint density at radius 3 is 2.55 bits per heavy atom. The quantitative estimate of drug-likeness (QED) is 0.155. The van der Waals surface area contributed by atoms with Crippen molar-refractivity contribution in [1.82, 2.24) is 25.3 Å². The summed E-state index contributed by atoms with van der Waals surface area (Å²) in [7, 11) is 2.45. The first-order valence-corrected chi connectivity index (χ1v) is 14.1. The van der Waals surface area contributed by atoms with Crippen molar-refractivity contribution in [1.29, 1.82) is 0 Å². The highest BCUT2D eigenvalue weighted by molar-refractivity contribution is 7.27. The molecule has 3 heterocycles. The average molecular weight is 602 g/mol. The van der Waals surface area contributed by atoms with E-state index in [9.17, 15) is 24.6 Å². The van der Waals surface area contributed by atoms with Gasteiger partial charge >= 0.3 is 11.9 Å². The Morgan fingerprint density at radius 2 is 1.90 bits per heavy atom. The van der Waals surface area contributed by atoms with E-state index in [1.807, 2.05) is 20.8 Å². The van der Waals surface area contributed by atoms with Crippen LogP contribution in [0, 0.1) is 0 Å². The number of fused-ring (bicyclic) bond motifs is 1. The number of carbonyl (C=O) groups is 3. The lowest BCUT2D eigenvalue weighted by molar-refractivity contribution is -0.149. The summed E-state index contributed by atoms with van der Waals surface area (Å²) in [6.45, 7) is 6.03. The molecule has 226 valence electrons. The molecule has 1 fully saturated rings. The molecule has 15 heteroatoms. The first-order chi connectivity index (χ1) is 20.1. The second kappa shape index (κ2) is 15.3. The third-order valence-electron chi connectivity index (χ3n) is 6.18. The number of nitrogen functional groups attached to an aromatic ring is 1. The van der Waals surface area contributed by atoms with E-state index in [-0.39, 0.29) is 37.1 Å². The summed E-state index contributed by atoms with van der Waals surface area (Å²) in [6, 6.07) is 5.13. The Labute approximate surface area is 245 Å². The molecule has 1 aromatic carbocycles. The van der Waals surface area contributed by atoms with Crippen LogP contribution in [0.1, 0.15) is 56.1 Å². The highest BCUT2D eigenvalue weighted by Gasteiger charge is 2.32. The van der Waals surface area contributed by atoms with Crippen molar-refractivity contribution >= 4 is 55.3 Å². The second-order valence-corrected chi connectivity index (χ2v) is 9.85. The van der Waals surface area contributed by atoms with Crippen LogP contribution >= 0.6 is 9.24 Å². The molecule has 4 rings (SSSR count). The maximum absolute atomic E-state index is 12.6. The summed E-state index contributed by atoms with van der Waals surface area (Å²) < 4.78 is 10.6. The van der Waals surface area contributed by atoms with Crippen LogP contribution < -0.4 is 21.8 Å². The predicted octanol–water partition coefficient (Wildman–Crippen LogP) is 1.19. The molecule has 5 unspecified atom stereocenters. The fourth-order valence-corrected chi connectivity index (χ4v) is 4.42. The van der Waals surface area contributed by atoms with Gasteiger partial charge in [0, 0.05) is 24.1 Å². The summed E-state index contributed by atoms with van der Waals surface area (Å²) in [6.07, 6.45) is 0.180. The van der Waals surface area contributed by atoms with Crippen molar-refractivity contribution in [3.8, 4) is 0 Å². The van der Waals surface area contributed by atoms with E-state index in [0.29, 0.717) is 40.9 Å². The predicted molar refractivity (Wildman–Crippen MR) is 158 cm³/mol. The number of aromatic nitrogens is 4. The molecule has 0 bridgehead atoms. The maximum atomic E-state index is 12.6. The van der Waals surface area contributed by atoms with Gasteiger partial charge in [-0.3, -0.25) is 9.59 Å². The van der Waals surface area contributed by atoms with E-state index < -0.39 is 36.1 Å². The SMILES string of the molecule is CC.CC1CC(O)C(COC(=O)CCC(NC(=O)c2ccc(NCc3cnc4nc(N)nc(P)c4n3)cc2)C(=O)O)O1. The molecule has 1 saturated heterocycles. The van der Waals surface area contributed by atoms with Crippen molar-refractivity contribution in [3.63, 3.8) is 0 Å². The molecule has 2 aromatic heterocycles. The number of benzene rings is 1. The van der Waals surface area contributed by atoms with Gasteiger partial charge in [-0.05, 0) is 37.6 Å². The Bertz CT molecular complexity index is 1390. The van der Waals surface area contributed by atoms with Gasteiger partial charge in [0.15, 0.2) is 5.65 Å². The first-order valence-electron chi connectivity index (χ1n) is 13.5. The zero-order chi connectivity index (χ0) is 30.8. The fourth-order valence-electron chi connectivity index (χ4n) is 4.10. The number of nitrogens with two attached hydrogens (primary N) is 1. The number of carboxylic acid groups (broad SMARTS) is 1. The number of amides is 1. The number of anilines is 2. The molecule has 0 saturated carbocycles. The van der Waals surface area contributed by atoms with Crippen molar-refractivity contribution in [3.05, 3.63) is 41.7 Å². The number of hydrogen-bond donors (Lipinski definition) is 5. The standard InChI is InChI=1S/C25H30N7O7P.C2H6/c1-12-8-17(33)18(39-12)11-38-19(34)7-6-16(24(36)37)30-22(35)13-2-4-14(5-3-13)27-9-15-10-28-21-20(29-15)23(40)32-25(26)31-21;1-2/h2-5,10,12,16-18,27,33H,6-9,11,40H2,1H3,(H,30,35)(H,36,37)(H2,26,28,31,32);1-2H3. The lowest BCUT2D eigenvalue weighted by Crippen LogP contribution is -2.41. The number of carbonyl (C=O) groups excluding carboxylic acids is 2. The summed E-state index contributed by atoms with van der Waals surface area (Å²) in [5.41, 5.74) is 8.66. The molecule has 1 aliphatic heterocycles. The molecule has 0 spiro atoms. The van der Waals surface area contributed by atoms with Crippen LogP contribution in [0.2, 0.25) is 0 Å². The van der Waals surface area contributed by atoms with E-state index in [2.05, 4.69) is 39.8 Å². The number of aliphatic carboxylic acids is 1. The van der Waals surface area contributed by atoms with Crippen LogP contribution in [-0.2, 0) is 25.6 Å². The van der Waals surface area contributed by atoms with Gasteiger partial charge in [0.25, 0.3) is 5.91 Å². The van der Waals surface area contributed by atoms with Gasteiger partial charge in [0.05, 0.1) is 36.1 Å². The van der Waals surface area contributed by atoms with Crippen LogP contribution in [0.15, 0.2) is 30.5 Å². The van der Waals surface area contributed by atoms with Crippen LogP contribution in [0.4, 0.5) is 11.6 Å². The molecule has 1 amide bonds. The smallest absolute Gasteiger partial charge is 0.326 e. The molecule has 14 nitrogen and oxygen atoms in total. The zero-order valence-electron chi connectivity index (χ0n) is 23.6. The Hall–Kier alpha value is -4.00. The molecule has 5 atom stereocenters. The number of rotatable bonds is 11. The minimum atomic E-state index is -1.29. The van der Waals surface area contributed by atoms with Gasteiger partial charge in [0.1, 0.15) is 24.3 Å². The summed E-state index contributed by atoms with van der Waals surface area (Å²) in [5.74, 6) is -2.41. The summed E-state index contributed by atoms with van der Waals surface area (Å²) in [5, 5.41) is 25.0. The molecule has 0 radical (unpaired) electrons. The highest BCUT2D eigenvalue weighted by Crippen LogP contribution is 2.20. The molecule has 3 aromatic rings. The topological polar surface area (TPSA) is 212 Å². The lowest BCUT2D eigenvalue weighted by Gasteiger charge is -2.16. The van der Waals surface area contributed by atoms with Gasteiger partial charge in [0.2, 0.25) is 5.95 Å². The third kappa shape index (κ3) is 9.00. The Balaban J connectivity index is 0.00000237. The van der Waals surface area contributed by atoms with Crippen molar-refractivity contribution < 1.29 is 34.1 Å². The minimum absolute atomic E-state index is 0.111. The van der Waals surface area contributed by atoms with Gasteiger partial charge in [-0.15, -0.1) is 0 Å². The largest absolute Gasteiger partial charge is 0.480 e. The molecule has 42 heavy (non-hydrogen) atoms. The van der Waals surface area contributed by atoms with Gasteiger partial charge in [-0.1, -0.05) is 23.1 Å². The van der Waals surface area contributed by atoms with E-state index in [4.69, 9.17) is 15.2 Å². The van der Waals surface area contributed by atoms with Crippen molar-refractivity contribution in [2.45, 2.75) is 70.9 Å². The van der Waals surface area contributed by atoms with Crippen LogP contribution in [-0.4, -0.2) is 79.0 Å². The van der Waals surface area contributed by atoms with E-state index >= 15 is 0 Å². The first kappa shape index (κ1) is 32.5. The molecule has 1 aliphatic rings. The molecule has 6 N–H and O–H groups in total. The number of esters is 1. The molecular weight excluding hydrogens is 565 g/mol. The molecular formula is C27H36N7O7P. The maximum Gasteiger partial charge on any atom is 0.326 e. The number of aliphatic hydroxyl groups is 1. The van der Waals surface area contributed by atoms with E-state index in [0.717, 1.165) is 0 Å². The van der Waals surface area contributed by atoms with E-state index in [1.54, 1.807) is 30.5 Å². The van der Waals surface area contributed by atoms with Gasteiger partial charge in [-0.25, -0.2) is 19.7 Å². The number of nitrogens with one attached hydrogen (secondary N) is 2. The van der Waals surface area contributed by atoms with Crippen LogP contribution in [0.25, 0.3) is 11.2 Å². The normalized spacial score (nSPS) is 18.5. The van der Waals surface area contributed by atoms with Gasteiger partial charge < -0.3 is 36.1 Å².